The first-order valence-corrected chi connectivity index (χ1v) is 6.23. The molecule has 0 bridgehead atoms. The van der Waals surface area contributed by atoms with Gasteiger partial charge < -0.3 is 5.32 Å². The van der Waals surface area contributed by atoms with Crippen molar-refractivity contribution in [1.82, 2.24) is 15.3 Å². The van der Waals surface area contributed by atoms with E-state index in [0.29, 0.717) is 5.52 Å². The molecule has 96 valence electrons. The van der Waals surface area contributed by atoms with E-state index < -0.39 is 0 Å². The molecular weight excluding hydrogens is 238 g/mol. The molecule has 0 radical (unpaired) electrons. The molecule has 1 aromatic heterocycles. The fourth-order valence-electron chi connectivity index (χ4n) is 1.78. The summed E-state index contributed by atoms with van der Waals surface area (Å²) in [6.45, 7) is 2.02. The first-order valence-electron chi connectivity index (χ1n) is 6.23. The molecule has 0 saturated carbocycles. The van der Waals surface area contributed by atoms with Crippen LogP contribution in [0.3, 0.4) is 0 Å². The van der Waals surface area contributed by atoms with Crippen LogP contribution >= 0.6 is 0 Å². The third-order valence-electron chi connectivity index (χ3n) is 2.77. The Bertz CT molecular complexity index is 631. The zero-order valence-corrected chi connectivity index (χ0v) is 10.8. The predicted octanol–water partition coefficient (Wildman–Crippen LogP) is 2.16. The molecule has 4 nitrogen and oxygen atoms in total. The van der Waals surface area contributed by atoms with Crippen molar-refractivity contribution in [2.75, 3.05) is 0 Å². The highest BCUT2D eigenvalue weighted by Crippen LogP contribution is 2.08. The molecule has 1 heterocycles. The van der Waals surface area contributed by atoms with Crippen LogP contribution in [0, 0.1) is 12.3 Å². The number of aromatic nitrogens is 2. The van der Waals surface area contributed by atoms with Gasteiger partial charge in [0.2, 0.25) is 0 Å². The van der Waals surface area contributed by atoms with Gasteiger partial charge in [-0.2, -0.15) is 0 Å². The maximum atomic E-state index is 12.0. The summed E-state index contributed by atoms with van der Waals surface area (Å²) in [4.78, 5) is 20.5. The van der Waals surface area contributed by atoms with Crippen molar-refractivity contribution in [2.24, 2.45) is 0 Å². The van der Waals surface area contributed by atoms with Crippen LogP contribution in [0.5, 0.6) is 0 Å². The molecule has 0 aliphatic carbocycles. The molecule has 0 aliphatic rings. The van der Waals surface area contributed by atoms with E-state index in [-0.39, 0.29) is 17.6 Å². The van der Waals surface area contributed by atoms with Gasteiger partial charge in [-0.3, -0.25) is 9.78 Å². The lowest BCUT2D eigenvalue weighted by molar-refractivity contribution is 0.0939. The number of rotatable bonds is 4. The fourth-order valence-corrected chi connectivity index (χ4v) is 1.78. The molecule has 0 fully saturated rings. The Kier molecular flexibility index (Phi) is 4.09. The first kappa shape index (κ1) is 13.0. The lowest BCUT2D eigenvalue weighted by Crippen LogP contribution is -2.34. The number of carbonyl (C=O) groups excluding carboxylic acids is 1. The van der Waals surface area contributed by atoms with Gasteiger partial charge in [0, 0.05) is 0 Å². The number of terminal acetylenes is 1. The monoisotopic (exact) mass is 253 g/mol. The minimum absolute atomic E-state index is 0.259. The van der Waals surface area contributed by atoms with Crippen LogP contribution in [0.4, 0.5) is 0 Å². The average Bonchev–Trinajstić information content (AvgIpc) is 2.46. The molecule has 1 amide bonds. The Hall–Kier alpha value is -2.41. The summed E-state index contributed by atoms with van der Waals surface area (Å²) >= 11 is 0. The number of carbonyl (C=O) groups is 1. The molecule has 1 atom stereocenters. The summed E-state index contributed by atoms with van der Waals surface area (Å²) in [5.74, 6) is 2.28. The van der Waals surface area contributed by atoms with E-state index in [1.54, 1.807) is 0 Å². The zero-order valence-electron chi connectivity index (χ0n) is 10.8. The summed E-state index contributed by atoms with van der Waals surface area (Å²) in [6.07, 6.45) is 8.51. The summed E-state index contributed by atoms with van der Waals surface area (Å²) in [5.41, 5.74) is 1.75. The number of para-hydroxylation sites is 2. The standard InChI is InChI=1S/C15H15N3O/c1-3-7-11(4-2)17-15(19)14-10-16-12-8-5-6-9-13(12)18-14/h2,5-6,8-11H,3,7H2,1H3,(H,17,19). The van der Waals surface area contributed by atoms with Gasteiger partial charge in [-0.1, -0.05) is 31.4 Å². The van der Waals surface area contributed by atoms with Crippen molar-refractivity contribution in [3.8, 4) is 12.3 Å². The minimum atomic E-state index is -0.283. The van der Waals surface area contributed by atoms with Crippen LogP contribution in [-0.4, -0.2) is 21.9 Å². The first-order chi connectivity index (χ1) is 9.24. The second-order valence-electron chi connectivity index (χ2n) is 4.23. The highest BCUT2D eigenvalue weighted by molar-refractivity contribution is 5.94. The van der Waals surface area contributed by atoms with Crippen LogP contribution < -0.4 is 5.32 Å². The minimum Gasteiger partial charge on any atom is -0.337 e. The second kappa shape index (κ2) is 5.96. The van der Waals surface area contributed by atoms with Gasteiger partial charge in [0.15, 0.2) is 0 Å². The van der Waals surface area contributed by atoms with Gasteiger partial charge in [-0.05, 0) is 18.6 Å². The number of hydrogen-bond donors (Lipinski definition) is 1. The van der Waals surface area contributed by atoms with E-state index in [9.17, 15) is 4.79 Å². The number of nitrogens with one attached hydrogen (secondary N) is 1. The summed E-state index contributed by atoms with van der Waals surface area (Å²) in [7, 11) is 0. The molecule has 4 heteroatoms. The molecule has 19 heavy (non-hydrogen) atoms. The van der Waals surface area contributed by atoms with Crippen molar-refractivity contribution in [3.05, 3.63) is 36.2 Å². The number of hydrogen-bond acceptors (Lipinski definition) is 3. The van der Waals surface area contributed by atoms with Gasteiger partial charge in [0.1, 0.15) is 5.69 Å². The average molecular weight is 253 g/mol. The third-order valence-corrected chi connectivity index (χ3v) is 2.77. The number of fused-ring (bicyclic) bond motifs is 1. The normalized spacial score (nSPS) is 11.8. The molecule has 0 saturated heterocycles. The molecule has 2 aromatic rings. The van der Waals surface area contributed by atoms with Crippen LogP contribution in [0.2, 0.25) is 0 Å². The molecule has 1 N–H and O–H groups in total. The quantitative estimate of drug-likeness (QED) is 0.849. The molecule has 2 rings (SSSR count). The van der Waals surface area contributed by atoms with Gasteiger partial charge >= 0.3 is 0 Å². The maximum absolute atomic E-state index is 12.0. The highest BCUT2D eigenvalue weighted by Gasteiger charge is 2.12. The largest absolute Gasteiger partial charge is 0.337 e. The van der Waals surface area contributed by atoms with E-state index in [2.05, 4.69) is 21.2 Å². The summed E-state index contributed by atoms with van der Waals surface area (Å²) in [6, 6.07) is 7.16. The lowest BCUT2D eigenvalue weighted by Gasteiger charge is -2.11. The molecule has 0 spiro atoms. The SMILES string of the molecule is C#CC(CCC)NC(=O)c1cnc2ccccc2n1. The number of nitrogens with zero attached hydrogens (tertiary/aromatic N) is 2. The van der Waals surface area contributed by atoms with Gasteiger partial charge in [-0.25, -0.2) is 4.98 Å². The highest BCUT2D eigenvalue weighted by atomic mass is 16.1. The Morgan fingerprint density at radius 2 is 2.16 bits per heavy atom. The molecule has 0 aliphatic heterocycles. The van der Waals surface area contributed by atoms with E-state index in [1.165, 1.54) is 6.20 Å². The smallest absolute Gasteiger partial charge is 0.272 e. The Labute approximate surface area is 112 Å². The van der Waals surface area contributed by atoms with Crippen LogP contribution in [-0.2, 0) is 0 Å². The topological polar surface area (TPSA) is 54.9 Å². The van der Waals surface area contributed by atoms with E-state index >= 15 is 0 Å². The van der Waals surface area contributed by atoms with Gasteiger partial charge in [-0.15, -0.1) is 6.42 Å². The molecular formula is C15H15N3O. The van der Waals surface area contributed by atoms with Crippen molar-refractivity contribution in [2.45, 2.75) is 25.8 Å². The maximum Gasteiger partial charge on any atom is 0.272 e. The fraction of sp³-hybridized carbons (Fsp3) is 0.267. The van der Waals surface area contributed by atoms with E-state index in [0.717, 1.165) is 18.4 Å². The van der Waals surface area contributed by atoms with Gasteiger partial charge in [0.05, 0.1) is 23.3 Å². The van der Waals surface area contributed by atoms with E-state index in [1.807, 2.05) is 31.2 Å². The van der Waals surface area contributed by atoms with Crippen LogP contribution in [0.25, 0.3) is 11.0 Å². The summed E-state index contributed by atoms with van der Waals surface area (Å²) in [5, 5.41) is 2.77. The number of benzene rings is 1. The lowest BCUT2D eigenvalue weighted by atomic mass is 10.2. The zero-order chi connectivity index (χ0) is 13.7. The van der Waals surface area contributed by atoms with E-state index in [4.69, 9.17) is 6.42 Å². The Morgan fingerprint density at radius 1 is 1.42 bits per heavy atom. The summed E-state index contributed by atoms with van der Waals surface area (Å²) < 4.78 is 0. The van der Waals surface area contributed by atoms with Crippen molar-refractivity contribution >= 4 is 16.9 Å². The number of amides is 1. The van der Waals surface area contributed by atoms with Crippen LogP contribution in [0.1, 0.15) is 30.3 Å². The van der Waals surface area contributed by atoms with Crippen molar-refractivity contribution < 1.29 is 4.79 Å². The molecule has 1 aromatic carbocycles. The predicted molar refractivity (Wildman–Crippen MR) is 74.5 cm³/mol. The van der Waals surface area contributed by atoms with Crippen LogP contribution in [0.15, 0.2) is 30.5 Å². The van der Waals surface area contributed by atoms with Gasteiger partial charge in [0.25, 0.3) is 5.91 Å². The van der Waals surface area contributed by atoms with Crippen molar-refractivity contribution in [1.29, 1.82) is 0 Å². The molecule has 1 unspecified atom stereocenters. The Morgan fingerprint density at radius 3 is 2.84 bits per heavy atom. The second-order valence-corrected chi connectivity index (χ2v) is 4.23. The van der Waals surface area contributed by atoms with Crippen molar-refractivity contribution in [3.63, 3.8) is 0 Å². The third kappa shape index (κ3) is 3.08. The Balaban J connectivity index is 2.19.